The summed E-state index contributed by atoms with van der Waals surface area (Å²) in [5.41, 5.74) is 8.46. The zero-order valence-electron chi connectivity index (χ0n) is 10.4. The number of thiazole rings is 1. The van der Waals surface area contributed by atoms with Gasteiger partial charge in [-0.3, -0.25) is 0 Å². The average molecular weight is 283 g/mol. The Hall–Kier alpha value is -1.10. The SMILES string of the molecule is Cc1cc(OCc2nc(CN)cs2)cc(C)c1Cl. The van der Waals surface area contributed by atoms with Crippen LogP contribution in [0, 0.1) is 13.8 Å². The zero-order valence-corrected chi connectivity index (χ0v) is 11.9. The highest BCUT2D eigenvalue weighted by Gasteiger charge is 2.05. The highest BCUT2D eigenvalue weighted by Crippen LogP contribution is 2.26. The minimum Gasteiger partial charge on any atom is -0.486 e. The molecule has 0 amide bonds. The van der Waals surface area contributed by atoms with Crippen molar-refractivity contribution in [2.75, 3.05) is 0 Å². The summed E-state index contributed by atoms with van der Waals surface area (Å²) in [6.45, 7) is 4.87. The lowest BCUT2D eigenvalue weighted by atomic mass is 10.1. The normalized spacial score (nSPS) is 10.7. The fourth-order valence-corrected chi connectivity index (χ4v) is 2.47. The highest BCUT2D eigenvalue weighted by molar-refractivity contribution is 7.09. The predicted molar refractivity (Wildman–Crippen MR) is 75.3 cm³/mol. The molecule has 2 N–H and O–H groups in total. The van der Waals surface area contributed by atoms with Crippen molar-refractivity contribution in [1.82, 2.24) is 4.98 Å². The molecule has 0 bridgehead atoms. The molecule has 0 aliphatic heterocycles. The summed E-state index contributed by atoms with van der Waals surface area (Å²) >= 11 is 7.67. The Balaban J connectivity index is 2.06. The number of ether oxygens (including phenoxy) is 1. The van der Waals surface area contributed by atoms with Gasteiger partial charge >= 0.3 is 0 Å². The molecule has 2 aromatic rings. The molecule has 5 heteroatoms. The van der Waals surface area contributed by atoms with E-state index in [1.54, 1.807) is 11.3 Å². The van der Waals surface area contributed by atoms with E-state index < -0.39 is 0 Å². The second kappa shape index (κ2) is 5.69. The molecular weight excluding hydrogens is 268 g/mol. The number of hydrogen-bond acceptors (Lipinski definition) is 4. The molecule has 18 heavy (non-hydrogen) atoms. The summed E-state index contributed by atoms with van der Waals surface area (Å²) in [6.07, 6.45) is 0. The number of aryl methyl sites for hydroxylation is 2. The van der Waals surface area contributed by atoms with Crippen LogP contribution in [0.1, 0.15) is 21.8 Å². The molecule has 0 atom stereocenters. The molecule has 0 saturated heterocycles. The number of benzene rings is 1. The quantitative estimate of drug-likeness (QED) is 0.934. The van der Waals surface area contributed by atoms with Gasteiger partial charge in [0.15, 0.2) is 0 Å². The molecule has 1 aromatic heterocycles. The van der Waals surface area contributed by atoms with Crippen molar-refractivity contribution < 1.29 is 4.74 Å². The second-order valence-electron chi connectivity index (χ2n) is 4.10. The van der Waals surface area contributed by atoms with E-state index in [1.165, 1.54) is 0 Å². The first-order chi connectivity index (χ1) is 8.60. The van der Waals surface area contributed by atoms with Gasteiger partial charge < -0.3 is 10.5 Å². The van der Waals surface area contributed by atoms with E-state index in [1.807, 2.05) is 31.4 Å². The van der Waals surface area contributed by atoms with Crippen LogP contribution in [-0.2, 0) is 13.2 Å². The summed E-state index contributed by atoms with van der Waals surface area (Å²) in [5, 5.41) is 3.68. The number of nitrogens with zero attached hydrogens (tertiary/aromatic N) is 1. The van der Waals surface area contributed by atoms with Crippen molar-refractivity contribution in [2.45, 2.75) is 27.0 Å². The topological polar surface area (TPSA) is 48.1 Å². The molecule has 2 rings (SSSR count). The molecule has 0 spiro atoms. The summed E-state index contributed by atoms with van der Waals surface area (Å²) in [7, 11) is 0. The van der Waals surface area contributed by atoms with Gasteiger partial charge in [-0.15, -0.1) is 11.3 Å². The average Bonchev–Trinajstić information content (AvgIpc) is 2.81. The van der Waals surface area contributed by atoms with Gasteiger partial charge in [0.1, 0.15) is 17.4 Å². The zero-order chi connectivity index (χ0) is 13.1. The maximum atomic E-state index is 6.11. The Morgan fingerprint density at radius 3 is 2.56 bits per heavy atom. The van der Waals surface area contributed by atoms with E-state index in [0.29, 0.717) is 13.2 Å². The molecule has 3 nitrogen and oxygen atoms in total. The molecule has 0 unspecified atom stereocenters. The Morgan fingerprint density at radius 1 is 1.33 bits per heavy atom. The Morgan fingerprint density at radius 2 is 2.00 bits per heavy atom. The largest absolute Gasteiger partial charge is 0.486 e. The minimum atomic E-state index is 0.463. The molecule has 0 radical (unpaired) electrons. The first-order valence-corrected chi connectivity index (χ1v) is 6.89. The lowest BCUT2D eigenvalue weighted by molar-refractivity contribution is 0.305. The second-order valence-corrected chi connectivity index (χ2v) is 5.42. The number of halogens is 1. The van der Waals surface area contributed by atoms with E-state index in [-0.39, 0.29) is 0 Å². The molecule has 0 fully saturated rings. The Bertz CT molecular complexity index is 531. The van der Waals surface area contributed by atoms with Gasteiger partial charge in [-0.05, 0) is 37.1 Å². The van der Waals surface area contributed by atoms with Crippen molar-refractivity contribution in [2.24, 2.45) is 5.73 Å². The molecular formula is C13H15ClN2OS. The highest BCUT2D eigenvalue weighted by atomic mass is 35.5. The van der Waals surface area contributed by atoms with Crippen molar-refractivity contribution in [1.29, 1.82) is 0 Å². The van der Waals surface area contributed by atoms with Crippen molar-refractivity contribution in [3.63, 3.8) is 0 Å². The molecule has 0 aliphatic rings. The van der Waals surface area contributed by atoms with Crippen LogP contribution in [0.5, 0.6) is 5.75 Å². The maximum Gasteiger partial charge on any atom is 0.140 e. The third-order valence-corrected chi connectivity index (χ3v) is 4.05. The van der Waals surface area contributed by atoms with E-state index in [9.17, 15) is 0 Å². The summed E-state index contributed by atoms with van der Waals surface area (Å²) in [6, 6.07) is 3.87. The lowest BCUT2D eigenvalue weighted by Crippen LogP contribution is -1.99. The third-order valence-electron chi connectivity index (χ3n) is 2.58. The van der Waals surface area contributed by atoms with E-state index in [2.05, 4.69) is 4.98 Å². The van der Waals surface area contributed by atoms with Crippen molar-refractivity contribution >= 4 is 22.9 Å². The fraction of sp³-hybridized carbons (Fsp3) is 0.308. The number of rotatable bonds is 4. The van der Waals surface area contributed by atoms with Crippen LogP contribution in [0.15, 0.2) is 17.5 Å². The molecule has 1 aromatic carbocycles. The van der Waals surface area contributed by atoms with Gasteiger partial charge in [0.25, 0.3) is 0 Å². The summed E-state index contributed by atoms with van der Waals surface area (Å²) in [5.74, 6) is 0.818. The van der Waals surface area contributed by atoms with Gasteiger partial charge in [-0.1, -0.05) is 11.6 Å². The number of hydrogen-bond donors (Lipinski definition) is 1. The van der Waals surface area contributed by atoms with Gasteiger partial charge in [-0.2, -0.15) is 0 Å². The van der Waals surface area contributed by atoms with Crippen LogP contribution in [-0.4, -0.2) is 4.98 Å². The summed E-state index contributed by atoms with van der Waals surface area (Å²) in [4.78, 5) is 4.35. The summed E-state index contributed by atoms with van der Waals surface area (Å²) < 4.78 is 5.71. The van der Waals surface area contributed by atoms with E-state index >= 15 is 0 Å². The van der Waals surface area contributed by atoms with Gasteiger partial charge in [0.2, 0.25) is 0 Å². The molecule has 96 valence electrons. The minimum absolute atomic E-state index is 0.463. The monoisotopic (exact) mass is 282 g/mol. The van der Waals surface area contributed by atoms with Gasteiger partial charge in [0.05, 0.1) is 5.69 Å². The Labute approximate surface area is 116 Å². The van der Waals surface area contributed by atoms with Crippen LogP contribution in [0.3, 0.4) is 0 Å². The standard InChI is InChI=1S/C13H15ClN2OS/c1-8-3-11(4-9(2)13(8)14)17-6-12-16-10(5-15)7-18-12/h3-4,7H,5-6,15H2,1-2H3. The Kier molecular flexibility index (Phi) is 4.22. The van der Waals surface area contributed by atoms with Crippen LogP contribution in [0.4, 0.5) is 0 Å². The maximum absolute atomic E-state index is 6.11. The fourth-order valence-electron chi connectivity index (χ4n) is 1.64. The first-order valence-electron chi connectivity index (χ1n) is 5.63. The lowest BCUT2D eigenvalue weighted by Gasteiger charge is -2.08. The van der Waals surface area contributed by atoms with Crippen molar-refractivity contribution in [3.05, 3.63) is 44.4 Å². The number of aromatic nitrogens is 1. The molecule has 0 aliphatic carbocycles. The predicted octanol–water partition coefficient (Wildman–Crippen LogP) is 3.45. The van der Waals surface area contributed by atoms with Crippen LogP contribution >= 0.6 is 22.9 Å². The molecule has 0 saturated carbocycles. The smallest absolute Gasteiger partial charge is 0.140 e. The van der Waals surface area contributed by atoms with Crippen molar-refractivity contribution in [3.8, 4) is 5.75 Å². The number of nitrogens with two attached hydrogens (primary N) is 1. The third kappa shape index (κ3) is 3.02. The van der Waals surface area contributed by atoms with E-state index in [0.717, 1.165) is 32.6 Å². The van der Waals surface area contributed by atoms with Gasteiger partial charge in [-0.25, -0.2) is 4.98 Å². The van der Waals surface area contributed by atoms with E-state index in [4.69, 9.17) is 22.1 Å². The van der Waals surface area contributed by atoms with Crippen LogP contribution in [0.25, 0.3) is 0 Å². The molecule has 1 heterocycles. The first kappa shape index (κ1) is 13.3. The van der Waals surface area contributed by atoms with Crippen LogP contribution < -0.4 is 10.5 Å². The van der Waals surface area contributed by atoms with Gasteiger partial charge in [0, 0.05) is 16.9 Å². The van der Waals surface area contributed by atoms with Crippen LogP contribution in [0.2, 0.25) is 5.02 Å².